The molecule has 1 fully saturated rings. The third-order valence-corrected chi connectivity index (χ3v) is 14.4. The van der Waals surface area contributed by atoms with Crippen LogP contribution in [-0.4, -0.2) is 98.9 Å². The fourth-order valence-electron chi connectivity index (χ4n) is 8.94. The fraction of sp³-hybridized carbons (Fsp3) is 0.944. The van der Waals surface area contributed by atoms with Crippen LogP contribution >= 0.6 is 7.82 Å². The fourth-order valence-corrected chi connectivity index (χ4v) is 9.91. The summed E-state index contributed by atoms with van der Waals surface area (Å²) in [5, 5.41) is 50.4. The van der Waals surface area contributed by atoms with Crippen molar-refractivity contribution in [2.45, 2.75) is 307 Å². The van der Waals surface area contributed by atoms with E-state index >= 15 is 0 Å². The smallest absolute Gasteiger partial charge is 0.457 e. The van der Waals surface area contributed by atoms with E-state index in [1.165, 1.54) is 199 Å². The Balaban J connectivity index is 2.26. The summed E-state index contributed by atoms with van der Waals surface area (Å²) in [5.74, 6) is -0.471. The third kappa shape index (κ3) is 36.6. The van der Waals surface area contributed by atoms with Crippen molar-refractivity contribution in [1.82, 2.24) is 0 Å². The normalized spacial score (nSPS) is 21.3. The van der Waals surface area contributed by atoms with Crippen LogP contribution in [0.2, 0.25) is 0 Å². The minimum absolute atomic E-state index is 0.0704. The number of rotatable bonds is 49. The number of esters is 1. The first-order valence-corrected chi connectivity index (χ1v) is 29.5. The third-order valence-electron chi connectivity index (χ3n) is 13.4. The average Bonchev–Trinajstić information content (AvgIpc) is 3.31. The molecule has 0 heterocycles. The van der Waals surface area contributed by atoms with Crippen LogP contribution in [0.3, 0.4) is 0 Å². The van der Waals surface area contributed by atoms with Gasteiger partial charge in [-0.2, -0.15) is 0 Å². The Kier molecular flexibility index (Phi) is 43.0. The van der Waals surface area contributed by atoms with Crippen molar-refractivity contribution in [1.29, 1.82) is 0 Å². The molecule has 13 heteroatoms. The number of unbranched alkanes of at least 4 members (excludes halogenated alkanes) is 35. The molecule has 1 aliphatic rings. The van der Waals surface area contributed by atoms with Crippen LogP contribution in [0.5, 0.6) is 0 Å². The van der Waals surface area contributed by atoms with Gasteiger partial charge < -0.3 is 39.9 Å². The molecule has 1 aliphatic carbocycles. The zero-order valence-electron chi connectivity index (χ0n) is 43.0. The number of aliphatic hydroxyl groups excluding tert-OH is 5. The molecule has 0 spiro atoms. The van der Waals surface area contributed by atoms with Crippen molar-refractivity contribution >= 4 is 13.8 Å². The van der Waals surface area contributed by atoms with Crippen LogP contribution in [-0.2, 0) is 27.9 Å². The maximum absolute atomic E-state index is 12.9. The summed E-state index contributed by atoms with van der Waals surface area (Å²) in [6, 6.07) is 0. The predicted octanol–water partition coefficient (Wildman–Crippen LogP) is 13.0. The Bertz CT molecular complexity index is 1160. The zero-order chi connectivity index (χ0) is 49.1. The van der Waals surface area contributed by atoms with Gasteiger partial charge in [-0.05, 0) is 38.5 Å². The van der Waals surface area contributed by atoms with Gasteiger partial charge in [0.1, 0.15) is 42.7 Å². The first-order chi connectivity index (χ1) is 32.5. The Morgan fingerprint density at radius 3 is 1.18 bits per heavy atom. The number of phosphoric ester groups is 1. The summed E-state index contributed by atoms with van der Waals surface area (Å²) in [7, 11) is -5.02. The number of phosphoric acid groups is 1. The molecule has 0 bridgehead atoms. The number of hydrogen-bond acceptors (Lipinski definition) is 11. The van der Waals surface area contributed by atoms with Crippen molar-refractivity contribution in [3.8, 4) is 0 Å². The van der Waals surface area contributed by atoms with E-state index in [-0.39, 0.29) is 13.0 Å². The second-order valence-electron chi connectivity index (χ2n) is 19.8. The standard InChI is InChI=1S/C54H105O12P/c1-3-5-7-9-11-13-15-17-19-21-22-23-24-25-26-27-28-30-32-34-36-38-40-42-44-63-45-47(46-64-67(61,62)66-54-52(59)50(57)49(56)51(58)53(54)60)65-48(55)43-41-39-37-35-33-31-29-20-18-16-14-12-10-8-6-4-2/h21-22,47,49-54,56-60H,3-20,23-46H2,1-2H3,(H,61,62)/b22-21-. The van der Waals surface area contributed by atoms with E-state index in [0.717, 1.165) is 38.5 Å². The van der Waals surface area contributed by atoms with Gasteiger partial charge in [0.15, 0.2) is 0 Å². The van der Waals surface area contributed by atoms with Crippen LogP contribution in [0.1, 0.15) is 264 Å². The Morgan fingerprint density at radius 1 is 0.463 bits per heavy atom. The minimum atomic E-state index is -5.02. The van der Waals surface area contributed by atoms with Crippen molar-refractivity contribution in [2.24, 2.45) is 0 Å². The minimum Gasteiger partial charge on any atom is -0.457 e. The van der Waals surface area contributed by atoms with Gasteiger partial charge in [-0.1, -0.05) is 231 Å². The highest BCUT2D eigenvalue weighted by molar-refractivity contribution is 7.47. The molecule has 12 nitrogen and oxygen atoms in total. The van der Waals surface area contributed by atoms with Crippen LogP contribution in [0, 0.1) is 0 Å². The molecule has 0 saturated heterocycles. The molecule has 6 unspecified atom stereocenters. The van der Waals surface area contributed by atoms with Gasteiger partial charge in [-0.25, -0.2) is 4.57 Å². The van der Waals surface area contributed by atoms with E-state index in [0.29, 0.717) is 13.0 Å². The zero-order valence-corrected chi connectivity index (χ0v) is 43.9. The van der Waals surface area contributed by atoms with Crippen LogP contribution in [0.4, 0.5) is 0 Å². The lowest BCUT2D eigenvalue weighted by atomic mass is 9.85. The topological polar surface area (TPSA) is 192 Å². The molecule has 0 aliphatic heterocycles. The summed E-state index contributed by atoms with van der Waals surface area (Å²) < 4.78 is 34.4. The van der Waals surface area contributed by atoms with E-state index in [2.05, 4.69) is 26.0 Å². The monoisotopic (exact) mass is 977 g/mol. The highest BCUT2D eigenvalue weighted by Crippen LogP contribution is 2.47. The quantitative estimate of drug-likeness (QED) is 0.0146. The molecule has 0 aromatic carbocycles. The second-order valence-corrected chi connectivity index (χ2v) is 21.2. The van der Waals surface area contributed by atoms with Gasteiger partial charge in [-0.3, -0.25) is 13.8 Å². The molecule has 398 valence electrons. The summed E-state index contributed by atoms with van der Waals surface area (Å²) in [6.45, 7) is 4.32. The summed E-state index contributed by atoms with van der Waals surface area (Å²) in [4.78, 5) is 23.3. The van der Waals surface area contributed by atoms with Gasteiger partial charge in [-0.15, -0.1) is 0 Å². The number of hydrogen-bond donors (Lipinski definition) is 6. The summed E-state index contributed by atoms with van der Waals surface area (Å²) in [6.07, 6.45) is 40.0. The molecular weight excluding hydrogens is 872 g/mol. The van der Waals surface area contributed by atoms with Crippen LogP contribution in [0.25, 0.3) is 0 Å². The van der Waals surface area contributed by atoms with E-state index in [4.69, 9.17) is 18.5 Å². The SMILES string of the molecule is CCCCCCCCCC/C=C\CCCCCCCCCCCCCCOCC(COP(=O)(O)OC1C(O)C(O)C(O)C(O)C1O)OC(=O)CCCCCCCCCCCCCCCCCC. The first-order valence-electron chi connectivity index (χ1n) is 28.0. The van der Waals surface area contributed by atoms with Gasteiger partial charge in [0.05, 0.1) is 13.2 Å². The number of aliphatic hydroxyl groups is 5. The maximum atomic E-state index is 12.9. The van der Waals surface area contributed by atoms with E-state index in [1.54, 1.807) is 0 Å². The molecule has 67 heavy (non-hydrogen) atoms. The maximum Gasteiger partial charge on any atom is 0.472 e. The molecule has 1 rings (SSSR count). The Labute approximate surface area is 409 Å². The lowest BCUT2D eigenvalue weighted by Crippen LogP contribution is -2.64. The van der Waals surface area contributed by atoms with Crippen molar-refractivity contribution in [3.05, 3.63) is 12.2 Å². The highest BCUT2D eigenvalue weighted by atomic mass is 31.2. The lowest BCUT2D eigenvalue weighted by Gasteiger charge is -2.41. The Hall–Kier alpha value is -0.920. The number of carbonyl (C=O) groups excluding carboxylic acids is 1. The molecule has 0 aromatic rings. The number of carbonyl (C=O) groups is 1. The van der Waals surface area contributed by atoms with E-state index in [1.807, 2.05) is 0 Å². The second kappa shape index (κ2) is 45.0. The molecule has 0 aromatic heterocycles. The Morgan fingerprint density at radius 2 is 0.791 bits per heavy atom. The molecule has 1 saturated carbocycles. The van der Waals surface area contributed by atoms with Crippen LogP contribution in [0.15, 0.2) is 12.2 Å². The molecule has 0 amide bonds. The average molecular weight is 977 g/mol. The van der Waals surface area contributed by atoms with Crippen molar-refractivity contribution in [2.75, 3.05) is 19.8 Å². The lowest BCUT2D eigenvalue weighted by molar-refractivity contribution is -0.220. The van der Waals surface area contributed by atoms with Gasteiger partial charge in [0.25, 0.3) is 0 Å². The van der Waals surface area contributed by atoms with Crippen molar-refractivity contribution in [3.63, 3.8) is 0 Å². The number of allylic oxidation sites excluding steroid dienone is 2. The van der Waals surface area contributed by atoms with Gasteiger partial charge in [0.2, 0.25) is 0 Å². The summed E-state index contributed by atoms with van der Waals surface area (Å²) in [5.41, 5.74) is 0. The largest absolute Gasteiger partial charge is 0.472 e. The molecule has 6 atom stereocenters. The molecular formula is C54H105O12P. The van der Waals surface area contributed by atoms with Crippen LogP contribution < -0.4 is 0 Å². The van der Waals surface area contributed by atoms with E-state index < -0.39 is 63.1 Å². The van der Waals surface area contributed by atoms with Crippen molar-refractivity contribution < 1.29 is 58.3 Å². The highest BCUT2D eigenvalue weighted by Gasteiger charge is 2.51. The molecule has 0 radical (unpaired) electrons. The van der Waals surface area contributed by atoms with Gasteiger partial charge >= 0.3 is 13.8 Å². The first kappa shape index (κ1) is 64.1. The number of ether oxygens (including phenoxy) is 2. The molecule has 6 N–H and O–H groups in total. The van der Waals surface area contributed by atoms with E-state index in [9.17, 15) is 39.8 Å². The predicted molar refractivity (Wildman–Crippen MR) is 272 cm³/mol. The van der Waals surface area contributed by atoms with Gasteiger partial charge in [0, 0.05) is 13.0 Å². The summed E-state index contributed by atoms with van der Waals surface area (Å²) >= 11 is 0.